The monoisotopic (exact) mass is 240 g/mol. The van der Waals surface area contributed by atoms with Crippen molar-refractivity contribution in [2.24, 2.45) is 0 Å². The van der Waals surface area contributed by atoms with Gasteiger partial charge < -0.3 is 10.2 Å². The second-order valence-corrected chi connectivity index (χ2v) is 3.25. The van der Waals surface area contributed by atoms with Crippen molar-refractivity contribution in [3.05, 3.63) is 47.5 Å². The van der Waals surface area contributed by atoms with Crippen LogP contribution >= 0.6 is 0 Å². The van der Waals surface area contributed by atoms with Crippen molar-refractivity contribution < 1.29 is 15.0 Å². The molecule has 0 radical (unpaired) electrons. The maximum atomic E-state index is 8.87. The molecule has 2 rings (SSSR count). The van der Waals surface area contributed by atoms with Crippen molar-refractivity contribution in [1.29, 1.82) is 10.5 Å². The molecule has 2 aromatic rings. The largest absolute Gasteiger partial charge is 0.503 e. The van der Waals surface area contributed by atoms with E-state index >= 15 is 0 Å². The third-order valence-corrected chi connectivity index (χ3v) is 2.13. The van der Waals surface area contributed by atoms with Gasteiger partial charge in [-0.15, -0.1) is 0 Å². The maximum absolute atomic E-state index is 8.87. The summed E-state index contributed by atoms with van der Waals surface area (Å²) in [5.74, 6) is 0. The van der Waals surface area contributed by atoms with Crippen LogP contribution in [-0.2, 0) is 0 Å². The van der Waals surface area contributed by atoms with Crippen molar-refractivity contribution in [3.63, 3.8) is 0 Å². The summed E-state index contributed by atoms with van der Waals surface area (Å²) in [5, 5.41) is 33.4. The SMILES string of the molecule is N#Cc1ccc2cccc(C#N)c2c1.O=C(O)O. The van der Waals surface area contributed by atoms with E-state index in [4.69, 9.17) is 25.5 Å². The van der Waals surface area contributed by atoms with Crippen LogP contribution in [0.25, 0.3) is 10.8 Å². The van der Waals surface area contributed by atoms with Gasteiger partial charge in [-0.05, 0) is 23.6 Å². The fraction of sp³-hybridized carbons (Fsp3) is 0. The van der Waals surface area contributed by atoms with E-state index in [1.54, 1.807) is 18.2 Å². The van der Waals surface area contributed by atoms with Gasteiger partial charge in [0.2, 0.25) is 0 Å². The Hall–Kier alpha value is -3.05. The average molecular weight is 240 g/mol. The molecule has 0 bridgehead atoms. The summed E-state index contributed by atoms with van der Waals surface area (Å²) in [5.41, 5.74) is 1.19. The molecule has 0 aliphatic carbocycles. The summed E-state index contributed by atoms with van der Waals surface area (Å²) < 4.78 is 0. The normalized spacial score (nSPS) is 8.56. The first kappa shape index (κ1) is 13.0. The molecule has 0 heterocycles. The lowest BCUT2D eigenvalue weighted by atomic mass is 10.0. The van der Waals surface area contributed by atoms with Crippen molar-refractivity contribution in [2.45, 2.75) is 0 Å². The number of fused-ring (bicyclic) bond motifs is 1. The molecule has 0 saturated heterocycles. The Morgan fingerprint density at radius 3 is 2.28 bits per heavy atom. The van der Waals surface area contributed by atoms with Crippen LogP contribution in [0.2, 0.25) is 0 Å². The number of carbonyl (C=O) groups is 1. The highest BCUT2D eigenvalue weighted by atomic mass is 16.6. The molecule has 0 aliphatic heterocycles. The fourth-order valence-corrected chi connectivity index (χ4v) is 1.44. The molecule has 18 heavy (non-hydrogen) atoms. The number of nitrogens with zero attached hydrogens (tertiary/aromatic N) is 2. The maximum Gasteiger partial charge on any atom is 0.503 e. The molecule has 0 amide bonds. The van der Waals surface area contributed by atoms with Gasteiger partial charge in [-0.25, -0.2) is 4.79 Å². The summed E-state index contributed by atoms with van der Waals surface area (Å²) in [4.78, 5) is 8.56. The van der Waals surface area contributed by atoms with Crippen LogP contribution in [-0.4, -0.2) is 16.4 Å². The third-order valence-electron chi connectivity index (χ3n) is 2.13. The van der Waals surface area contributed by atoms with E-state index in [1.807, 2.05) is 18.2 Å². The van der Waals surface area contributed by atoms with Gasteiger partial charge >= 0.3 is 6.16 Å². The van der Waals surface area contributed by atoms with Gasteiger partial charge in [-0.1, -0.05) is 18.2 Å². The molecule has 0 atom stereocenters. The zero-order valence-electron chi connectivity index (χ0n) is 9.16. The Balaban J connectivity index is 0.000000357. The minimum absolute atomic E-state index is 0.584. The van der Waals surface area contributed by atoms with E-state index < -0.39 is 6.16 Å². The third kappa shape index (κ3) is 3.22. The minimum Gasteiger partial charge on any atom is -0.450 e. The predicted molar refractivity (Wildman–Crippen MR) is 64.0 cm³/mol. The van der Waals surface area contributed by atoms with E-state index in [2.05, 4.69) is 12.1 Å². The van der Waals surface area contributed by atoms with Gasteiger partial charge in [0.25, 0.3) is 0 Å². The summed E-state index contributed by atoms with van der Waals surface area (Å²) in [7, 11) is 0. The number of carboxylic acid groups (broad SMARTS) is 2. The Morgan fingerprint density at radius 2 is 1.72 bits per heavy atom. The van der Waals surface area contributed by atoms with E-state index in [9.17, 15) is 0 Å². The standard InChI is InChI=1S/C12H6N2.CH2O3/c13-7-9-4-5-10-2-1-3-11(8-14)12(10)6-9;2-1(3)4/h1-6H;(H2,2,3,4). The van der Waals surface area contributed by atoms with Crippen LogP contribution in [0.4, 0.5) is 4.79 Å². The number of nitriles is 2. The molecule has 0 aliphatic rings. The zero-order valence-corrected chi connectivity index (χ0v) is 9.16. The van der Waals surface area contributed by atoms with Gasteiger partial charge in [0.1, 0.15) is 0 Å². The van der Waals surface area contributed by atoms with E-state index in [-0.39, 0.29) is 0 Å². The van der Waals surface area contributed by atoms with Gasteiger partial charge in [-0.2, -0.15) is 10.5 Å². The van der Waals surface area contributed by atoms with Gasteiger partial charge in [0.15, 0.2) is 0 Å². The molecule has 0 spiro atoms. The topological polar surface area (TPSA) is 105 Å². The van der Waals surface area contributed by atoms with Gasteiger partial charge in [0, 0.05) is 5.39 Å². The number of hydrogen-bond donors (Lipinski definition) is 2. The summed E-state index contributed by atoms with van der Waals surface area (Å²) in [6, 6.07) is 15.0. The highest BCUT2D eigenvalue weighted by Crippen LogP contribution is 2.19. The minimum atomic E-state index is -1.83. The molecular formula is C13H8N2O3. The number of benzene rings is 2. The summed E-state index contributed by atoms with van der Waals surface area (Å²) in [6.45, 7) is 0. The van der Waals surface area contributed by atoms with Crippen LogP contribution in [0.3, 0.4) is 0 Å². The molecule has 0 fully saturated rings. The van der Waals surface area contributed by atoms with Crippen molar-refractivity contribution in [1.82, 2.24) is 0 Å². The summed E-state index contributed by atoms with van der Waals surface area (Å²) >= 11 is 0. The molecule has 0 aromatic heterocycles. The van der Waals surface area contributed by atoms with Gasteiger partial charge in [0.05, 0.1) is 23.3 Å². The van der Waals surface area contributed by atoms with Crippen LogP contribution in [0, 0.1) is 22.7 Å². The quantitative estimate of drug-likeness (QED) is 0.736. The second-order valence-electron chi connectivity index (χ2n) is 3.25. The van der Waals surface area contributed by atoms with Crippen molar-refractivity contribution in [2.75, 3.05) is 0 Å². The van der Waals surface area contributed by atoms with Crippen LogP contribution in [0.15, 0.2) is 36.4 Å². The van der Waals surface area contributed by atoms with Gasteiger partial charge in [-0.3, -0.25) is 0 Å². The lowest BCUT2D eigenvalue weighted by Crippen LogP contribution is -1.81. The first-order chi connectivity index (χ1) is 8.58. The number of hydrogen-bond acceptors (Lipinski definition) is 3. The van der Waals surface area contributed by atoms with E-state index in [1.165, 1.54) is 0 Å². The number of rotatable bonds is 0. The Labute approximate surface area is 103 Å². The van der Waals surface area contributed by atoms with Crippen LogP contribution in [0.1, 0.15) is 11.1 Å². The predicted octanol–water partition coefficient (Wildman–Crippen LogP) is 2.81. The first-order valence-corrected chi connectivity index (χ1v) is 4.83. The Morgan fingerprint density at radius 1 is 1.06 bits per heavy atom. The van der Waals surface area contributed by atoms with Crippen molar-refractivity contribution >= 4 is 16.9 Å². The molecule has 0 saturated carbocycles. The lowest BCUT2D eigenvalue weighted by Gasteiger charge is -1.99. The smallest absolute Gasteiger partial charge is 0.450 e. The molecule has 88 valence electrons. The molecular weight excluding hydrogens is 232 g/mol. The Bertz CT molecular complexity index is 662. The zero-order chi connectivity index (χ0) is 13.5. The molecule has 2 aromatic carbocycles. The van der Waals surface area contributed by atoms with Crippen molar-refractivity contribution in [3.8, 4) is 12.1 Å². The molecule has 5 heteroatoms. The highest BCUT2D eigenvalue weighted by molar-refractivity contribution is 5.88. The van der Waals surface area contributed by atoms with E-state index in [0.717, 1.165) is 10.8 Å². The average Bonchev–Trinajstić information content (AvgIpc) is 2.36. The highest BCUT2D eigenvalue weighted by Gasteiger charge is 2.00. The first-order valence-electron chi connectivity index (χ1n) is 4.83. The van der Waals surface area contributed by atoms with Crippen LogP contribution < -0.4 is 0 Å². The molecule has 5 nitrogen and oxygen atoms in total. The summed E-state index contributed by atoms with van der Waals surface area (Å²) in [6.07, 6.45) is -1.83. The van der Waals surface area contributed by atoms with E-state index in [0.29, 0.717) is 11.1 Å². The molecule has 0 unspecified atom stereocenters. The molecule has 2 N–H and O–H groups in total. The van der Waals surface area contributed by atoms with Crippen LogP contribution in [0.5, 0.6) is 0 Å². The fourth-order valence-electron chi connectivity index (χ4n) is 1.44. The second kappa shape index (κ2) is 5.88. The Kier molecular flexibility index (Phi) is 4.25. The lowest BCUT2D eigenvalue weighted by molar-refractivity contribution is 0.137.